The first-order chi connectivity index (χ1) is 4.95. The molecule has 0 spiro atoms. The minimum Gasteiger partial charge on any atom is -0.0880 e. The summed E-state index contributed by atoms with van der Waals surface area (Å²) in [5.74, 6) is 2.00. The number of hydrogen-bond acceptors (Lipinski definition) is 0. The molecule has 0 aromatic carbocycles. The Kier molecular flexibility index (Phi) is 1.79. The number of allylic oxidation sites excluding steroid dienone is 2. The van der Waals surface area contributed by atoms with Crippen molar-refractivity contribution in [2.24, 2.45) is 11.8 Å². The molecule has 0 heteroatoms. The van der Waals surface area contributed by atoms with E-state index in [1.54, 1.807) is 0 Å². The molecule has 2 atom stereocenters. The molecular weight excluding hydrogens is 120 g/mol. The molecule has 0 aliphatic heterocycles. The molecule has 0 radical (unpaired) electrons. The molecule has 2 bridgehead atoms. The van der Waals surface area contributed by atoms with Gasteiger partial charge in [-0.15, -0.1) is 0 Å². The van der Waals surface area contributed by atoms with Crippen molar-refractivity contribution in [3.63, 3.8) is 0 Å². The van der Waals surface area contributed by atoms with Crippen molar-refractivity contribution < 1.29 is 0 Å². The van der Waals surface area contributed by atoms with Crippen LogP contribution in [0.25, 0.3) is 0 Å². The lowest BCUT2D eigenvalue weighted by molar-refractivity contribution is 0.468. The van der Waals surface area contributed by atoms with Gasteiger partial charge in [-0.05, 0) is 37.5 Å². The highest BCUT2D eigenvalue weighted by Gasteiger charge is 2.18. The van der Waals surface area contributed by atoms with Crippen molar-refractivity contribution in [1.82, 2.24) is 0 Å². The standard InChI is InChI=1S/C10H16/c1-3-9-5-2-6-10(4-1)8-7-9/h1,3,9-10H,2,4-8H2. The normalized spacial score (nSPS) is 39.2. The second-order valence-corrected chi connectivity index (χ2v) is 3.80. The molecule has 10 heavy (non-hydrogen) atoms. The van der Waals surface area contributed by atoms with E-state index in [0.717, 1.165) is 11.8 Å². The van der Waals surface area contributed by atoms with Gasteiger partial charge >= 0.3 is 0 Å². The minimum absolute atomic E-state index is 0.951. The molecule has 0 saturated heterocycles. The van der Waals surface area contributed by atoms with Crippen molar-refractivity contribution in [3.8, 4) is 0 Å². The summed E-state index contributed by atoms with van der Waals surface area (Å²) < 4.78 is 0. The van der Waals surface area contributed by atoms with Gasteiger partial charge in [0, 0.05) is 0 Å². The smallest absolute Gasteiger partial charge is 0.0233 e. The second-order valence-electron chi connectivity index (χ2n) is 3.80. The monoisotopic (exact) mass is 136 g/mol. The Morgan fingerprint density at radius 1 is 1.00 bits per heavy atom. The first-order valence-corrected chi connectivity index (χ1v) is 4.62. The van der Waals surface area contributed by atoms with Crippen LogP contribution in [-0.2, 0) is 0 Å². The highest BCUT2D eigenvalue weighted by Crippen LogP contribution is 2.33. The molecule has 0 aromatic heterocycles. The summed E-state index contributed by atoms with van der Waals surface area (Å²) in [5, 5.41) is 0. The van der Waals surface area contributed by atoms with Crippen LogP contribution in [-0.4, -0.2) is 0 Å². The number of rotatable bonds is 0. The third kappa shape index (κ3) is 1.25. The van der Waals surface area contributed by atoms with Gasteiger partial charge in [-0.1, -0.05) is 25.0 Å². The molecule has 0 nitrogen and oxygen atoms in total. The van der Waals surface area contributed by atoms with E-state index < -0.39 is 0 Å². The zero-order chi connectivity index (χ0) is 6.81. The van der Waals surface area contributed by atoms with Gasteiger partial charge in [-0.25, -0.2) is 0 Å². The zero-order valence-electron chi connectivity index (χ0n) is 6.55. The maximum absolute atomic E-state index is 2.46. The average Bonchev–Trinajstić information content (AvgIpc) is 2.17. The topological polar surface area (TPSA) is 0 Å². The minimum atomic E-state index is 0.951. The lowest BCUT2D eigenvalue weighted by Crippen LogP contribution is -1.95. The van der Waals surface area contributed by atoms with E-state index in [4.69, 9.17) is 0 Å². The summed E-state index contributed by atoms with van der Waals surface area (Å²) in [6, 6.07) is 0. The van der Waals surface area contributed by atoms with Gasteiger partial charge in [0.25, 0.3) is 0 Å². The summed E-state index contributed by atoms with van der Waals surface area (Å²) >= 11 is 0. The largest absolute Gasteiger partial charge is 0.0880 e. The maximum Gasteiger partial charge on any atom is -0.0233 e. The van der Waals surface area contributed by atoms with Gasteiger partial charge in [0.1, 0.15) is 0 Å². The molecule has 1 saturated carbocycles. The van der Waals surface area contributed by atoms with Crippen molar-refractivity contribution in [3.05, 3.63) is 12.2 Å². The summed E-state index contributed by atoms with van der Waals surface area (Å²) in [6.07, 6.45) is 13.7. The predicted octanol–water partition coefficient (Wildman–Crippen LogP) is 3.14. The summed E-state index contributed by atoms with van der Waals surface area (Å²) in [5.41, 5.74) is 0. The van der Waals surface area contributed by atoms with Crippen LogP contribution in [0.1, 0.15) is 38.5 Å². The van der Waals surface area contributed by atoms with E-state index in [-0.39, 0.29) is 0 Å². The van der Waals surface area contributed by atoms with Crippen LogP contribution in [0.4, 0.5) is 0 Å². The van der Waals surface area contributed by atoms with Gasteiger partial charge in [0.15, 0.2) is 0 Å². The Labute approximate surface area is 63.3 Å². The quantitative estimate of drug-likeness (QED) is 0.449. The van der Waals surface area contributed by atoms with Gasteiger partial charge in [0.2, 0.25) is 0 Å². The van der Waals surface area contributed by atoms with E-state index in [1.807, 2.05) is 0 Å². The van der Waals surface area contributed by atoms with E-state index in [1.165, 1.54) is 38.5 Å². The van der Waals surface area contributed by atoms with Crippen molar-refractivity contribution in [1.29, 1.82) is 0 Å². The van der Waals surface area contributed by atoms with Crippen LogP contribution in [0.2, 0.25) is 0 Å². The van der Waals surface area contributed by atoms with Crippen molar-refractivity contribution >= 4 is 0 Å². The van der Waals surface area contributed by atoms with Gasteiger partial charge in [0.05, 0.1) is 0 Å². The van der Waals surface area contributed by atoms with Crippen LogP contribution in [0.3, 0.4) is 0 Å². The third-order valence-corrected chi connectivity index (χ3v) is 3.01. The Balaban J connectivity index is 2.11. The average molecular weight is 136 g/mol. The Bertz CT molecular complexity index is 135. The van der Waals surface area contributed by atoms with Crippen LogP contribution < -0.4 is 0 Å². The van der Waals surface area contributed by atoms with E-state index in [0.29, 0.717) is 0 Å². The van der Waals surface area contributed by atoms with Gasteiger partial charge in [-0.3, -0.25) is 0 Å². The maximum atomic E-state index is 2.46. The van der Waals surface area contributed by atoms with Crippen molar-refractivity contribution in [2.75, 3.05) is 0 Å². The molecule has 0 heterocycles. The lowest BCUT2D eigenvalue weighted by atomic mass is 9.97. The van der Waals surface area contributed by atoms with Gasteiger partial charge in [-0.2, -0.15) is 0 Å². The van der Waals surface area contributed by atoms with E-state index in [2.05, 4.69) is 12.2 Å². The fraction of sp³-hybridized carbons (Fsp3) is 0.800. The van der Waals surface area contributed by atoms with E-state index >= 15 is 0 Å². The summed E-state index contributed by atoms with van der Waals surface area (Å²) in [7, 11) is 0. The molecule has 1 fully saturated rings. The van der Waals surface area contributed by atoms with Crippen LogP contribution in [0.15, 0.2) is 12.2 Å². The summed E-state index contributed by atoms with van der Waals surface area (Å²) in [4.78, 5) is 0. The highest BCUT2D eigenvalue weighted by molar-refractivity contribution is 4.95. The first kappa shape index (κ1) is 6.45. The zero-order valence-corrected chi connectivity index (χ0v) is 6.55. The molecule has 0 N–H and O–H groups in total. The predicted molar refractivity (Wildman–Crippen MR) is 43.8 cm³/mol. The van der Waals surface area contributed by atoms with Crippen LogP contribution in [0.5, 0.6) is 0 Å². The molecule has 2 aliphatic rings. The molecule has 2 aliphatic carbocycles. The van der Waals surface area contributed by atoms with Crippen molar-refractivity contribution in [2.45, 2.75) is 38.5 Å². The van der Waals surface area contributed by atoms with Gasteiger partial charge < -0.3 is 0 Å². The van der Waals surface area contributed by atoms with E-state index in [9.17, 15) is 0 Å². The highest BCUT2D eigenvalue weighted by atomic mass is 14.2. The fourth-order valence-corrected chi connectivity index (χ4v) is 2.30. The Hall–Kier alpha value is -0.260. The van der Waals surface area contributed by atoms with Crippen LogP contribution in [0, 0.1) is 11.8 Å². The van der Waals surface area contributed by atoms with Crippen LogP contribution >= 0.6 is 0 Å². The second kappa shape index (κ2) is 2.77. The molecular formula is C10H16. The number of fused-ring (bicyclic) bond motifs is 3. The SMILES string of the molecule is C1=CC2CCCC(C1)CC2. The molecule has 0 aromatic rings. The Morgan fingerprint density at radius 3 is 3.00 bits per heavy atom. The number of hydrogen-bond donors (Lipinski definition) is 0. The molecule has 2 unspecified atom stereocenters. The molecule has 56 valence electrons. The lowest BCUT2D eigenvalue weighted by Gasteiger charge is -2.09. The fourth-order valence-electron chi connectivity index (χ4n) is 2.30. The Morgan fingerprint density at radius 2 is 2.00 bits per heavy atom. The summed E-state index contributed by atoms with van der Waals surface area (Å²) in [6.45, 7) is 0. The first-order valence-electron chi connectivity index (χ1n) is 4.62. The molecule has 2 rings (SSSR count). The molecule has 0 amide bonds. The third-order valence-electron chi connectivity index (χ3n) is 3.01.